The maximum Gasteiger partial charge on any atom is 0.155 e. The molecule has 12 heavy (non-hydrogen) atoms. The summed E-state index contributed by atoms with van der Waals surface area (Å²) < 4.78 is 0. The van der Waals surface area contributed by atoms with Crippen LogP contribution in [0.15, 0.2) is 0 Å². The second-order valence-electron chi connectivity index (χ2n) is 3.36. The first-order chi connectivity index (χ1) is 5.76. The van der Waals surface area contributed by atoms with Crippen LogP contribution in [0.4, 0.5) is 0 Å². The van der Waals surface area contributed by atoms with Crippen molar-refractivity contribution in [2.45, 2.75) is 31.7 Å². The molecule has 0 aliphatic carbocycles. The molecular formula is C8H13NO3. The first-order valence-corrected chi connectivity index (χ1v) is 4.33. The van der Waals surface area contributed by atoms with Crippen LogP contribution in [0.3, 0.4) is 0 Å². The zero-order valence-corrected chi connectivity index (χ0v) is 7.21. The highest BCUT2D eigenvalue weighted by Gasteiger charge is 2.49. The molecule has 4 nitrogen and oxygen atoms in total. The van der Waals surface area contributed by atoms with Crippen molar-refractivity contribution in [1.82, 2.24) is 5.23 Å². The van der Waals surface area contributed by atoms with Crippen molar-refractivity contribution in [3.8, 4) is 0 Å². The van der Waals surface area contributed by atoms with Crippen molar-refractivity contribution in [1.29, 1.82) is 0 Å². The van der Waals surface area contributed by atoms with Crippen molar-refractivity contribution in [3.05, 3.63) is 0 Å². The number of carbonyl (C=O) groups excluding carboxylic acids is 1. The van der Waals surface area contributed by atoms with E-state index in [1.165, 1.54) is 5.23 Å². The highest BCUT2D eigenvalue weighted by molar-refractivity contribution is 5.86. The smallest absolute Gasteiger partial charge is 0.155 e. The Morgan fingerprint density at radius 3 is 2.75 bits per heavy atom. The average molecular weight is 171 g/mol. The fourth-order valence-electron chi connectivity index (χ4n) is 1.88. The van der Waals surface area contributed by atoms with Gasteiger partial charge in [-0.05, 0) is 19.8 Å². The molecule has 0 aromatic carbocycles. The minimum atomic E-state index is -0.460. The Hall–Kier alpha value is -0.450. The lowest BCUT2D eigenvalue weighted by Gasteiger charge is -2.36. The molecular weight excluding hydrogens is 158 g/mol. The number of fused-ring (bicyclic) bond motifs is 1. The van der Waals surface area contributed by atoms with E-state index < -0.39 is 5.54 Å². The number of Topliss-reactive ketones (excluding diaryl/α,β-unsaturated/α-hetero) is 1. The topological polar surface area (TPSA) is 38.8 Å². The molecule has 2 heterocycles. The Balaban J connectivity index is 2.23. The molecule has 0 aromatic rings. The number of carbonyl (C=O) groups is 1. The zero-order valence-electron chi connectivity index (χ0n) is 7.21. The van der Waals surface area contributed by atoms with Gasteiger partial charge in [0, 0.05) is 6.42 Å². The Labute approximate surface area is 71.3 Å². The van der Waals surface area contributed by atoms with Crippen molar-refractivity contribution in [2.75, 3.05) is 13.2 Å². The second-order valence-corrected chi connectivity index (χ2v) is 3.36. The van der Waals surface area contributed by atoms with E-state index in [9.17, 15) is 4.79 Å². The largest absolute Gasteiger partial charge is 0.298 e. The van der Waals surface area contributed by atoms with Gasteiger partial charge in [0.15, 0.2) is 5.78 Å². The third kappa shape index (κ3) is 0.990. The summed E-state index contributed by atoms with van der Waals surface area (Å²) in [6, 6.07) is 0. The molecule has 0 bridgehead atoms. The third-order valence-electron chi connectivity index (χ3n) is 2.67. The molecule has 2 fully saturated rings. The van der Waals surface area contributed by atoms with Gasteiger partial charge in [0.25, 0.3) is 0 Å². The highest BCUT2D eigenvalue weighted by Crippen LogP contribution is 2.35. The maximum absolute atomic E-state index is 11.4. The Morgan fingerprint density at radius 2 is 2.08 bits per heavy atom. The van der Waals surface area contributed by atoms with Crippen LogP contribution in [0.5, 0.6) is 0 Å². The zero-order chi connectivity index (χ0) is 8.60. The number of nitrogens with zero attached hydrogens (tertiary/aromatic N) is 1. The van der Waals surface area contributed by atoms with E-state index in [2.05, 4.69) is 0 Å². The lowest BCUT2D eigenvalue weighted by atomic mass is 9.87. The predicted molar refractivity (Wildman–Crippen MR) is 41.0 cm³/mol. The fraction of sp³-hybridized carbons (Fsp3) is 0.875. The maximum atomic E-state index is 11.4. The van der Waals surface area contributed by atoms with Crippen LogP contribution < -0.4 is 0 Å². The summed E-state index contributed by atoms with van der Waals surface area (Å²) in [5, 5.41) is 1.42. The summed E-state index contributed by atoms with van der Waals surface area (Å²) in [6.45, 7) is 2.87. The van der Waals surface area contributed by atoms with Crippen LogP contribution >= 0.6 is 0 Å². The number of rotatable bonds is 1. The van der Waals surface area contributed by atoms with E-state index in [1.54, 1.807) is 6.92 Å². The quantitative estimate of drug-likeness (QED) is 0.581. The molecule has 68 valence electrons. The van der Waals surface area contributed by atoms with E-state index in [4.69, 9.17) is 9.68 Å². The summed E-state index contributed by atoms with van der Waals surface area (Å²) in [5.41, 5.74) is -0.460. The van der Waals surface area contributed by atoms with E-state index in [-0.39, 0.29) is 5.78 Å². The van der Waals surface area contributed by atoms with Crippen molar-refractivity contribution in [2.24, 2.45) is 0 Å². The van der Waals surface area contributed by atoms with Gasteiger partial charge in [-0.2, -0.15) is 0 Å². The number of hydroxylamine groups is 2. The van der Waals surface area contributed by atoms with Gasteiger partial charge < -0.3 is 0 Å². The van der Waals surface area contributed by atoms with Crippen LogP contribution in [0.1, 0.15) is 26.2 Å². The van der Waals surface area contributed by atoms with Gasteiger partial charge in [-0.1, -0.05) is 5.23 Å². The normalized spacial score (nSPS) is 36.4. The van der Waals surface area contributed by atoms with Gasteiger partial charge in [0.05, 0.1) is 13.2 Å². The average Bonchev–Trinajstić information content (AvgIpc) is 2.48. The van der Waals surface area contributed by atoms with Crippen molar-refractivity contribution in [3.63, 3.8) is 0 Å². The van der Waals surface area contributed by atoms with Crippen LogP contribution in [0, 0.1) is 0 Å². The van der Waals surface area contributed by atoms with Gasteiger partial charge >= 0.3 is 0 Å². The highest BCUT2D eigenvalue weighted by atomic mass is 17.0. The van der Waals surface area contributed by atoms with E-state index in [0.717, 1.165) is 19.3 Å². The van der Waals surface area contributed by atoms with Crippen LogP contribution in [-0.4, -0.2) is 29.8 Å². The number of hydrogen-bond donors (Lipinski definition) is 0. The van der Waals surface area contributed by atoms with Gasteiger partial charge in [-0.15, -0.1) is 0 Å². The SMILES string of the molecule is CC(=O)C12CCCON1OCC2. The van der Waals surface area contributed by atoms with E-state index >= 15 is 0 Å². The van der Waals surface area contributed by atoms with Crippen LogP contribution in [0.2, 0.25) is 0 Å². The first-order valence-electron chi connectivity index (χ1n) is 4.33. The lowest BCUT2D eigenvalue weighted by Crippen LogP contribution is -2.51. The molecule has 0 spiro atoms. The summed E-state index contributed by atoms with van der Waals surface area (Å²) >= 11 is 0. The molecule has 0 aromatic heterocycles. The van der Waals surface area contributed by atoms with Gasteiger partial charge in [-0.3, -0.25) is 14.5 Å². The Morgan fingerprint density at radius 1 is 1.33 bits per heavy atom. The third-order valence-corrected chi connectivity index (χ3v) is 2.67. The lowest BCUT2D eigenvalue weighted by molar-refractivity contribution is -0.386. The minimum absolute atomic E-state index is 0.153. The Kier molecular flexibility index (Phi) is 1.90. The second kappa shape index (κ2) is 2.80. The molecule has 1 atom stereocenters. The van der Waals surface area contributed by atoms with Crippen molar-refractivity contribution >= 4 is 5.78 Å². The standard InChI is InChI=1S/C8H13NO3/c1-7(10)8-3-2-5-11-9(8)12-6-4-8/h2-6H2,1H3. The summed E-state index contributed by atoms with van der Waals surface area (Å²) in [4.78, 5) is 21.9. The van der Waals surface area contributed by atoms with Gasteiger partial charge in [0.1, 0.15) is 5.54 Å². The molecule has 4 heteroatoms. The summed E-state index contributed by atoms with van der Waals surface area (Å²) in [5.74, 6) is 0.153. The molecule has 2 rings (SSSR count). The van der Waals surface area contributed by atoms with E-state index in [0.29, 0.717) is 13.2 Å². The van der Waals surface area contributed by atoms with Crippen LogP contribution in [-0.2, 0) is 14.5 Å². The fourth-order valence-corrected chi connectivity index (χ4v) is 1.88. The van der Waals surface area contributed by atoms with E-state index in [1.807, 2.05) is 0 Å². The molecule has 0 N–H and O–H groups in total. The van der Waals surface area contributed by atoms with Crippen LogP contribution in [0.25, 0.3) is 0 Å². The predicted octanol–water partition coefficient (Wildman–Crippen LogP) is 0.677. The summed E-state index contributed by atoms with van der Waals surface area (Å²) in [7, 11) is 0. The monoisotopic (exact) mass is 171 g/mol. The molecule has 1 unspecified atom stereocenters. The molecule has 2 saturated heterocycles. The molecule has 0 radical (unpaired) electrons. The van der Waals surface area contributed by atoms with Gasteiger partial charge in [-0.25, -0.2) is 0 Å². The number of ketones is 1. The molecule has 2 aliphatic rings. The van der Waals surface area contributed by atoms with Crippen molar-refractivity contribution < 1.29 is 14.5 Å². The van der Waals surface area contributed by atoms with Gasteiger partial charge in [0.2, 0.25) is 0 Å². The number of hydrogen-bond acceptors (Lipinski definition) is 4. The summed E-state index contributed by atoms with van der Waals surface area (Å²) in [6.07, 6.45) is 2.57. The molecule has 2 aliphatic heterocycles. The molecule has 0 saturated carbocycles. The minimum Gasteiger partial charge on any atom is -0.298 e. The first kappa shape index (κ1) is 8.16. The Bertz CT molecular complexity index is 206. The molecule has 0 amide bonds.